The number of carbonyl (C=O) groups is 2. The van der Waals surface area contributed by atoms with Gasteiger partial charge in [0, 0.05) is 48.4 Å². The lowest BCUT2D eigenvalue weighted by atomic mass is 9.78. The van der Waals surface area contributed by atoms with E-state index in [1.54, 1.807) is 12.1 Å². The Labute approximate surface area is 240 Å². The number of nitrogen functional groups attached to an aromatic ring is 1. The summed E-state index contributed by atoms with van der Waals surface area (Å²) in [5, 5.41) is 13.6. The largest absolute Gasteiger partial charge is 0.398 e. The molecule has 0 atom stereocenters. The Bertz CT molecular complexity index is 1670. The van der Waals surface area contributed by atoms with Crippen molar-refractivity contribution in [1.82, 2.24) is 15.3 Å². The first-order valence-corrected chi connectivity index (χ1v) is 14.0. The maximum Gasteiger partial charge on any atom is 0.261 e. The van der Waals surface area contributed by atoms with Crippen molar-refractivity contribution in [3.8, 4) is 11.4 Å². The van der Waals surface area contributed by atoms with Crippen LogP contribution in [0.15, 0.2) is 61.2 Å². The van der Waals surface area contributed by atoms with Crippen LogP contribution in [0.2, 0.25) is 0 Å². The number of ether oxygens (including phenoxy) is 1. The highest BCUT2D eigenvalue weighted by Gasteiger charge is 2.50. The van der Waals surface area contributed by atoms with Gasteiger partial charge in [-0.15, -0.1) is 11.3 Å². The van der Waals surface area contributed by atoms with Crippen LogP contribution in [0.25, 0.3) is 21.6 Å². The summed E-state index contributed by atoms with van der Waals surface area (Å²) in [4.78, 5) is 37.1. The molecule has 6 rings (SSSR count). The van der Waals surface area contributed by atoms with Gasteiger partial charge in [-0.1, -0.05) is 30.8 Å². The van der Waals surface area contributed by atoms with Gasteiger partial charge in [-0.05, 0) is 42.3 Å². The Morgan fingerprint density at radius 1 is 1.17 bits per heavy atom. The van der Waals surface area contributed by atoms with Crippen LogP contribution < -0.4 is 21.3 Å². The molecule has 5 N–H and O–H groups in total. The number of nitrogens with zero attached hydrogens (tertiary/aromatic N) is 3. The molecule has 4 heterocycles. The monoisotopic (exact) mass is 567 g/mol. The van der Waals surface area contributed by atoms with Crippen LogP contribution in [0.1, 0.15) is 20.8 Å². The Balaban J connectivity index is 1.22. The number of carbonyl (C=O) groups excluding carboxylic acids is 2. The molecule has 11 heteroatoms. The molecule has 1 spiro atoms. The number of hydrogen-bond acceptors (Lipinski definition) is 9. The Morgan fingerprint density at radius 3 is 2.63 bits per heavy atom. The van der Waals surface area contributed by atoms with Crippen molar-refractivity contribution >= 4 is 56.8 Å². The third-order valence-corrected chi connectivity index (χ3v) is 8.50. The van der Waals surface area contributed by atoms with Crippen LogP contribution in [0.3, 0.4) is 0 Å². The minimum atomic E-state index is -0.262. The smallest absolute Gasteiger partial charge is 0.261 e. The second kappa shape index (κ2) is 10.8. The van der Waals surface area contributed by atoms with Gasteiger partial charge in [-0.2, -0.15) is 0 Å². The summed E-state index contributed by atoms with van der Waals surface area (Å²) in [7, 11) is 0. The standard InChI is InChI=1S/C30H29N7O3S/c1-2-25(38)34-19-8-6-18(7-9-19)10-11-33-29(39)24-12-23-26(41-24)28(37-14-30(15-37)16-40-17-30)36-27(35-23)20-4-3-5-22(32)21(20)13-31/h2-9,12-13,31H,1,10-11,14-17,32H2,(H,33,39)(H,34,38). The number of nitrogens with two attached hydrogens (primary N) is 1. The van der Waals surface area contributed by atoms with Gasteiger partial charge in [-0.25, -0.2) is 9.97 Å². The van der Waals surface area contributed by atoms with Gasteiger partial charge >= 0.3 is 0 Å². The summed E-state index contributed by atoms with van der Waals surface area (Å²) in [6.07, 6.45) is 3.09. The number of fused-ring (bicyclic) bond motifs is 1. The summed E-state index contributed by atoms with van der Waals surface area (Å²) >= 11 is 1.38. The van der Waals surface area contributed by atoms with E-state index in [-0.39, 0.29) is 17.2 Å². The molecular formula is C30H29N7O3S. The summed E-state index contributed by atoms with van der Waals surface area (Å²) in [5.41, 5.74) is 10.5. The van der Waals surface area contributed by atoms with Crippen molar-refractivity contribution in [2.45, 2.75) is 6.42 Å². The predicted molar refractivity (Wildman–Crippen MR) is 162 cm³/mol. The van der Waals surface area contributed by atoms with E-state index in [0.29, 0.717) is 51.7 Å². The SMILES string of the molecule is C=CC(=O)Nc1ccc(CCNC(=O)c2cc3nc(-c4cccc(N)c4C=N)nc(N4CC5(COC5)C4)c3s2)cc1. The fraction of sp³-hybridized carbons (Fsp3) is 0.233. The number of amides is 2. The van der Waals surface area contributed by atoms with Gasteiger partial charge in [0.25, 0.3) is 5.91 Å². The summed E-state index contributed by atoms with van der Waals surface area (Å²) in [5.74, 6) is 0.823. The first-order valence-electron chi connectivity index (χ1n) is 13.2. The molecule has 0 unspecified atom stereocenters. The lowest BCUT2D eigenvalue weighted by molar-refractivity contribution is -0.127. The molecule has 4 aromatic rings. The van der Waals surface area contributed by atoms with Crippen molar-refractivity contribution < 1.29 is 14.3 Å². The van der Waals surface area contributed by atoms with E-state index in [9.17, 15) is 9.59 Å². The molecule has 0 radical (unpaired) electrons. The quantitative estimate of drug-likeness (QED) is 0.136. The van der Waals surface area contributed by atoms with Crippen LogP contribution in [0.4, 0.5) is 17.2 Å². The third-order valence-electron chi connectivity index (χ3n) is 7.38. The van der Waals surface area contributed by atoms with Crippen molar-refractivity contribution in [3.63, 3.8) is 0 Å². The maximum absolute atomic E-state index is 13.2. The first-order chi connectivity index (χ1) is 19.9. The van der Waals surface area contributed by atoms with Crippen molar-refractivity contribution in [2.75, 3.05) is 48.8 Å². The van der Waals surface area contributed by atoms with Gasteiger partial charge in [0.15, 0.2) is 11.6 Å². The molecule has 0 saturated carbocycles. The van der Waals surface area contributed by atoms with Crippen LogP contribution in [0, 0.1) is 10.8 Å². The second-order valence-electron chi connectivity index (χ2n) is 10.4. The number of aromatic nitrogens is 2. The number of thiophene rings is 1. The predicted octanol–water partition coefficient (Wildman–Crippen LogP) is 3.87. The number of nitrogens with one attached hydrogen (secondary N) is 3. The molecular weight excluding hydrogens is 538 g/mol. The molecule has 2 aliphatic rings. The molecule has 0 bridgehead atoms. The lowest BCUT2D eigenvalue weighted by Crippen LogP contribution is -2.66. The molecule has 2 aliphatic heterocycles. The van der Waals surface area contributed by atoms with Gasteiger partial charge in [-0.3, -0.25) is 9.59 Å². The van der Waals surface area contributed by atoms with E-state index >= 15 is 0 Å². The Morgan fingerprint density at radius 2 is 1.95 bits per heavy atom. The topological polar surface area (TPSA) is 146 Å². The Kier molecular flexibility index (Phi) is 6.98. The average Bonchev–Trinajstić information content (AvgIpc) is 3.37. The minimum absolute atomic E-state index is 0.174. The molecule has 2 amide bonds. The first kappa shape index (κ1) is 26.6. The van der Waals surface area contributed by atoms with E-state index in [1.807, 2.05) is 36.4 Å². The van der Waals surface area contributed by atoms with Crippen LogP contribution in [0.5, 0.6) is 0 Å². The lowest BCUT2D eigenvalue weighted by Gasteiger charge is -2.55. The van der Waals surface area contributed by atoms with Gasteiger partial charge in [0.05, 0.1) is 33.7 Å². The van der Waals surface area contributed by atoms with Crippen LogP contribution in [-0.2, 0) is 16.0 Å². The number of benzene rings is 2. The molecule has 2 saturated heterocycles. The van der Waals surface area contributed by atoms with E-state index in [2.05, 4.69) is 22.1 Å². The molecule has 2 aromatic heterocycles. The highest BCUT2D eigenvalue weighted by atomic mass is 32.1. The van der Waals surface area contributed by atoms with Crippen molar-refractivity contribution in [1.29, 1.82) is 5.41 Å². The zero-order chi connectivity index (χ0) is 28.6. The summed E-state index contributed by atoms with van der Waals surface area (Å²) < 4.78 is 6.30. The summed E-state index contributed by atoms with van der Waals surface area (Å²) in [6.45, 7) is 7.08. The van der Waals surface area contributed by atoms with Gasteiger partial charge < -0.3 is 31.4 Å². The fourth-order valence-electron chi connectivity index (χ4n) is 5.14. The zero-order valence-electron chi connectivity index (χ0n) is 22.3. The highest BCUT2D eigenvalue weighted by molar-refractivity contribution is 7.21. The molecule has 208 valence electrons. The Hall–Kier alpha value is -4.61. The zero-order valence-corrected chi connectivity index (χ0v) is 23.1. The average molecular weight is 568 g/mol. The van der Waals surface area contributed by atoms with Crippen LogP contribution >= 0.6 is 11.3 Å². The molecule has 2 fully saturated rings. The maximum atomic E-state index is 13.2. The molecule has 0 aliphatic carbocycles. The third kappa shape index (κ3) is 5.17. The second-order valence-corrected chi connectivity index (χ2v) is 11.4. The molecule has 10 nitrogen and oxygen atoms in total. The normalized spacial score (nSPS) is 15.2. The molecule has 41 heavy (non-hydrogen) atoms. The number of hydrogen-bond donors (Lipinski definition) is 4. The highest BCUT2D eigenvalue weighted by Crippen LogP contribution is 2.43. The molecule has 2 aromatic carbocycles. The van der Waals surface area contributed by atoms with Crippen molar-refractivity contribution in [2.24, 2.45) is 5.41 Å². The van der Waals surface area contributed by atoms with Gasteiger partial charge in [0.2, 0.25) is 5.91 Å². The van der Waals surface area contributed by atoms with E-state index < -0.39 is 0 Å². The van der Waals surface area contributed by atoms with Crippen molar-refractivity contribution in [3.05, 3.63) is 77.2 Å². The van der Waals surface area contributed by atoms with Gasteiger partial charge in [0.1, 0.15) is 0 Å². The van der Waals surface area contributed by atoms with Crippen LogP contribution in [-0.4, -0.2) is 60.8 Å². The number of anilines is 3. The number of rotatable bonds is 9. The van der Waals surface area contributed by atoms with E-state index in [1.165, 1.54) is 23.6 Å². The fourth-order valence-corrected chi connectivity index (χ4v) is 6.17. The van der Waals surface area contributed by atoms with E-state index in [4.69, 9.17) is 25.8 Å². The summed E-state index contributed by atoms with van der Waals surface area (Å²) in [6, 6.07) is 14.7. The van der Waals surface area contributed by atoms with E-state index in [0.717, 1.165) is 42.4 Å². The minimum Gasteiger partial charge on any atom is -0.398 e.